The lowest BCUT2D eigenvalue weighted by Crippen LogP contribution is -2.43. The van der Waals surface area contributed by atoms with Gasteiger partial charge in [0.15, 0.2) is 0 Å². The number of hydrogen-bond acceptors (Lipinski definition) is 3. The van der Waals surface area contributed by atoms with Gasteiger partial charge in [0.25, 0.3) is 0 Å². The zero-order valence-corrected chi connectivity index (χ0v) is 11.8. The van der Waals surface area contributed by atoms with Crippen molar-refractivity contribution in [2.24, 2.45) is 0 Å². The van der Waals surface area contributed by atoms with Gasteiger partial charge in [-0.1, -0.05) is 12.1 Å². The molecule has 2 aromatic rings. The average Bonchev–Trinajstić information content (AvgIpc) is 3.18. The van der Waals surface area contributed by atoms with Crippen LogP contribution in [0.2, 0.25) is 0 Å². The molecule has 0 radical (unpaired) electrons. The van der Waals surface area contributed by atoms with E-state index in [4.69, 9.17) is 4.98 Å². The van der Waals surface area contributed by atoms with Crippen LogP contribution in [0, 0.1) is 0 Å². The Labute approximate surface area is 119 Å². The largest absolute Gasteiger partial charge is 0.341 e. The third kappa shape index (κ3) is 2.23. The second-order valence-corrected chi connectivity index (χ2v) is 6.08. The molecule has 1 aromatic heterocycles. The first-order valence-electron chi connectivity index (χ1n) is 7.81. The molecule has 2 atom stereocenters. The predicted octanol–water partition coefficient (Wildman–Crippen LogP) is 2.28. The van der Waals surface area contributed by atoms with Crippen molar-refractivity contribution in [1.82, 2.24) is 20.2 Å². The molecule has 2 fully saturated rings. The van der Waals surface area contributed by atoms with Gasteiger partial charge in [-0.25, -0.2) is 4.98 Å². The molecule has 2 saturated heterocycles. The Hall–Kier alpha value is -1.39. The SMILES string of the molecule is c1ccc2[nH]c(CN3CCCC3C3CCCN3)nc2c1. The maximum atomic E-state index is 4.72. The van der Waals surface area contributed by atoms with Crippen molar-refractivity contribution in [2.75, 3.05) is 13.1 Å². The van der Waals surface area contributed by atoms with E-state index >= 15 is 0 Å². The van der Waals surface area contributed by atoms with Crippen LogP contribution < -0.4 is 5.32 Å². The maximum Gasteiger partial charge on any atom is 0.121 e. The molecule has 2 aliphatic heterocycles. The summed E-state index contributed by atoms with van der Waals surface area (Å²) in [6.45, 7) is 3.36. The molecular weight excluding hydrogens is 248 g/mol. The van der Waals surface area contributed by atoms with Crippen molar-refractivity contribution >= 4 is 11.0 Å². The fourth-order valence-electron chi connectivity index (χ4n) is 3.82. The van der Waals surface area contributed by atoms with Crippen LogP contribution in [0.25, 0.3) is 11.0 Å². The number of aromatic nitrogens is 2. The minimum Gasteiger partial charge on any atom is -0.341 e. The van der Waals surface area contributed by atoms with E-state index < -0.39 is 0 Å². The second kappa shape index (κ2) is 5.19. The zero-order valence-electron chi connectivity index (χ0n) is 11.8. The topological polar surface area (TPSA) is 44.0 Å². The summed E-state index contributed by atoms with van der Waals surface area (Å²) in [5.41, 5.74) is 2.23. The first-order chi connectivity index (χ1) is 9.90. The number of fused-ring (bicyclic) bond motifs is 1. The average molecular weight is 270 g/mol. The summed E-state index contributed by atoms with van der Waals surface area (Å²) in [5, 5.41) is 3.67. The summed E-state index contributed by atoms with van der Waals surface area (Å²) in [4.78, 5) is 10.8. The third-order valence-electron chi connectivity index (χ3n) is 4.77. The van der Waals surface area contributed by atoms with Crippen molar-refractivity contribution < 1.29 is 0 Å². The van der Waals surface area contributed by atoms with Crippen molar-refractivity contribution in [3.63, 3.8) is 0 Å². The van der Waals surface area contributed by atoms with Crippen LogP contribution in [0.4, 0.5) is 0 Å². The monoisotopic (exact) mass is 270 g/mol. The summed E-state index contributed by atoms with van der Waals surface area (Å²) in [5.74, 6) is 1.11. The van der Waals surface area contributed by atoms with Gasteiger partial charge in [0, 0.05) is 12.1 Å². The van der Waals surface area contributed by atoms with Gasteiger partial charge < -0.3 is 10.3 Å². The van der Waals surface area contributed by atoms with E-state index in [0.717, 1.165) is 23.4 Å². The number of hydrogen-bond donors (Lipinski definition) is 2. The Morgan fingerprint density at radius 2 is 2.15 bits per heavy atom. The Morgan fingerprint density at radius 3 is 3.00 bits per heavy atom. The molecular formula is C16H22N4. The maximum absolute atomic E-state index is 4.72. The summed E-state index contributed by atoms with van der Waals surface area (Å²) < 4.78 is 0. The number of imidazole rings is 1. The van der Waals surface area contributed by atoms with Crippen LogP contribution in [0.3, 0.4) is 0 Å². The van der Waals surface area contributed by atoms with Crippen molar-refractivity contribution in [2.45, 2.75) is 44.3 Å². The molecule has 4 heteroatoms. The number of aromatic amines is 1. The summed E-state index contributed by atoms with van der Waals surface area (Å²) in [7, 11) is 0. The van der Waals surface area contributed by atoms with E-state index in [1.165, 1.54) is 38.8 Å². The van der Waals surface area contributed by atoms with E-state index in [0.29, 0.717) is 12.1 Å². The summed E-state index contributed by atoms with van der Waals surface area (Å²) in [6, 6.07) is 9.69. The van der Waals surface area contributed by atoms with Crippen LogP contribution in [0.5, 0.6) is 0 Å². The smallest absolute Gasteiger partial charge is 0.121 e. The number of H-pyrrole nitrogens is 1. The van der Waals surface area contributed by atoms with Crippen molar-refractivity contribution in [3.05, 3.63) is 30.1 Å². The molecule has 0 amide bonds. The second-order valence-electron chi connectivity index (χ2n) is 6.08. The number of nitrogens with zero attached hydrogens (tertiary/aromatic N) is 2. The molecule has 4 rings (SSSR count). The van der Waals surface area contributed by atoms with Crippen molar-refractivity contribution in [1.29, 1.82) is 0 Å². The predicted molar refractivity (Wildman–Crippen MR) is 80.6 cm³/mol. The van der Waals surface area contributed by atoms with E-state index in [2.05, 4.69) is 33.4 Å². The van der Waals surface area contributed by atoms with Crippen LogP contribution >= 0.6 is 0 Å². The lowest BCUT2D eigenvalue weighted by atomic mass is 10.0. The lowest BCUT2D eigenvalue weighted by Gasteiger charge is -2.28. The van der Waals surface area contributed by atoms with Gasteiger partial charge in [-0.3, -0.25) is 4.90 Å². The first kappa shape index (κ1) is 12.4. The standard InChI is InChI=1S/C16H22N4/c1-2-6-13-12(5-1)18-16(19-13)11-20-10-4-8-15(20)14-7-3-9-17-14/h1-2,5-6,14-15,17H,3-4,7-11H2,(H,18,19). The normalized spacial score (nSPS) is 27.6. The quantitative estimate of drug-likeness (QED) is 0.899. The molecule has 20 heavy (non-hydrogen) atoms. The van der Waals surface area contributed by atoms with Crippen LogP contribution in [0.1, 0.15) is 31.5 Å². The molecule has 2 unspecified atom stereocenters. The van der Waals surface area contributed by atoms with Gasteiger partial charge in [0.1, 0.15) is 5.82 Å². The lowest BCUT2D eigenvalue weighted by molar-refractivity contribution is 0.202. The molecule has 0 bridgehead atoms. The minimum absolute atomic E-state index is 0.696. The molecule has 2 N–H and O–H groups in total. The Balaban J connectivity index is 1.52. The van der Waals surface area contributed by atoms with Gasteiger partial charge in [0.2, 0.25) is 0 Å². The van der Waals surface area contributed by atoms with E-state index in [-0.39, 0.29) is 0 Å². The molecule has 106 valence electrons. The van der Waals surface area contributed by atoms with Crippen LogP contribution in [-0.4, -0.2) is 40.0 Å². The molecule has 1 aromatic carbocycles. The molecule has 0 saturated carbocycles. The number of benzene rings is 1. The van der Waals surface area contributed by atoms with E-state index in [1.807, 2.05) is 6.07 Å². The number of nitrogens with one attached hydrogen (secondary N) is 2. The summed E-state index contributed by atoms with van der Waals surface area (Å²) >= 11 is 0. The third-order valence-corrected chi connectivity index (χ3v) is 4.77. The number of rotatable bonds is 3. The molecule has 4 nitrogen and oxygen atoms in total. The highest BCUT2D eigenvalue weighted by Gasteiger charge is 2.33. The van der Waals surface area contributed by atoms with Gasteiger partial charge in [-0.15, -0.1) is 0 Å². The molecule has 2 aliphatic rings. The fourth-order valence-corrected chi connectivity index (χ4v) is 3.82. The van der Waals surface area contributed by atoms with E-state index in [1.54, 1.807) is 0 Å². The van der Waals surface area contributed by atoms with Crippen LogP contribution in [0.15, 0.2) is 24.3 Å². The zero-order chi connectivity index (χ0) is 13.4. The Kier molecular flexibility index (Phi) is 3.20. The number of likely N-dealkylation sites (tertiary alicyclic amines) is 1. The van der Waals surface area contributed by atoms with Gasteiger partial charge in [-0.05, 0) is 50.9 Å². The molecule has 3 heterocycles. The highest BCUT2D eigenvalue weighted by Crippen LogP contribution is 2.26. The van der Waals surface area contributed by atoms with Gasteiger partial charge >= 0.3 is 0 Å². The highest BCUT2D eigenvalue weighted by molar-refractivity contribution is 5.74. The van der Waals surface area contributed by atoms with E-state index in [9.17, 15) is 0 Å². The fraction of sp³-hybridized carbons (Fsp3) is 0.562. The Bertz CT molecular complexity index is 552. The van der Waals surface area contributed by atoms with Crippen LogP contribution in [-0.2, 0) is 6.54 Å². The molecule has 0 spiro atoms. The van der Waals surface area contributed by atoms with Crippen molar-refractivity contribution in [3.8, 4) is 0 Å². The minimum atomic E-state index is 0.696. The number of para-hydroxylation sites is 2. The summed E-state index contributed by atoms with van der Waals surface area (Å²) in [6.07, 6.45) is 5.32. The van der Waals surface area contributed by atoms with Gasteiger partial charge in [0.05, 0.1) is 17.6 Å². The first-order valence-corrected chi connectivity index (χ1v) is 7.81. The molecule has 0 aliphatic carbocycles. The van der Waals surface area contributed by atoms with Gasteiger partial charge in [-0.2, -0.15) is 0 Å². The Morgan fingerprint density at radius 1 is 1.20 bits per heavy atom. The highest BCUT2D eigenvalue weighted by atomic mass is 15.2.